The molecule has 3 heteroatoms. The van der Waals surface area contributed by atoms with Crippen LogP contribution in [0.3, 0.4) is 0 Å². The second-order valence-corrected chi connectivity index (χ2v) is 3.72. The zero-order valence-electron chi connectivity index (χ0n) is 9.04. The molecule has 0 fully saturated rings. The summed E-state index contributed by atoms with van der Waals surface area (Å²) in [5.74, 6) is -0.675. The van der Waals surface area contributed by atoms with Crippen molar-refractivity contribution in [3.63, 3.8) is 0 Å². The lowest BCUT2D eigenvalue weighted by atomic mass is 9.96. The lowest BCUT2D eigenvalue weighted by Gasteiger charge is -2.23. The molecule has 0 heterocycles. The van der Waals surface area contributed by atoms with Crippen LogP contribution in [0.4, 0.5) is 0 Å². The summed E-state index contributed by atoms with van der Waals surface area (Å²) in [6.07, 6.45) is 1.08. The maximum Gasteiger partial charge on any atom is 0.342 e. The summed E-state index contributed by atoms with van der Waals surface area (Å²) in [6.45, 7) is 12.2. The minimum absolute atomic E-state index is 0.141. The minimum Gasteiger partial charge on any atom is -0.461 e. The lowest BCUT2D eigenvalue weighted by molar-refractivity contribution is -0.164. The van der Waals surface area contributed by atoms with Crippen molar-refractivity contribution in [1.82, 2.24) is 0 Å². The standard InChI is InChI=1S/C11H18O3/c1-6-11(13,7-8(2)3)10(12)14-9(4)5/h6,9,13H,1-2,7H2,3-5H3. The first-order chi connectivity index (χ1) is 6.31. The molecule has 0 rings (SSSR count). The first-order valence-electron chi connectivity index (χ1n) is 4.53. The van der Waals surface area contributed by atoms with Gasteiger partial charge in [0.2, 0.25) is 0 Å². The molecule has 0 aliphatic rings. The van der Waals surface area contributed by atoms with Crippen LogP contribution >= 0.6 is 0 Å². The van der Waals surface area contributed by atoms with Gasteiger partial charge in [-0.15, -0.1) is 6.58 Å². The largest absolute Gasteiger partial charge is 0.461 e. The van der Waals surface area contributed by atoms with Crippen LogP contribution in [-0.4, -0.2) is 22.8 Å². The Kier molecular flexibility index (Phi) is 4.57. The average molecular weight is 198 g/mol. The van der Waals surface area contributed by atoms with Gasteiger partial charge in [-0.3, -0.25) is 0 Å². The number of hydrogen-bond donors (Lipinski definition) is 1. The normalized spacial score (nSPS) is 14.6. The second-order valence-electron chi connectivity index (χ2n) is 3.72. The zero-order valence-corrected chi connectivity index (χ0v) is 9.04. The third-order valence-electron chi connectivity index (χ3n) is 1.61. The highest BCUT2D eigenvalue weighted by molar-refractivity contribution is 5.82. The fourth-order valence-corrected chi connectivity index (χ4v) is 1.00. The Morgan fingerprint density at radius 3 is 2.43 bits per heavy atom. The molecule has 80 valence electrons. The van der Waals surface area contributed by atoms with Gasteiger partial charge in [-0.1, -0.05) is 12.2 Å². The van der Waals surface area contributed by atoms with Crippen LogP contribution in [0, 0.1) is 0 Å². The van der Waals surface area contributed by atoms with Crippen LogP contribution < -0.4 is 0 Å². The molecule has 0 aromatic heterocycles. The van der Waals surface area contributed by atoms with Gasteiger partial charge in [-0.05, 0) is 26.8 Å². The predicted molar refractivity (Wildman–Crippen MR) is 55.8 cm³/mol. The van der Waals surface area contributed by atoms with Gasteiger partial charge in [0, 0.05) is 6.42 Å². The second kappa shape index (κ2) is 4.96. The molecule has 0 spiro atoms. The van der Waals surface area contributed by atoms with Gasteiger partial charge in [0.25, 0.3) is 0 Å². The van der Waals surface area contributed by atoms with Crippen LogP contribution in [-0.2, 0) is 9.53 Å². The molecule has 1 atom stereocenters. The molecule has 0 aromatic rings. The molecule has 14 heavy (non-hydrogen) atoms. The van der Waals surface area contributed by atoms with Crippen LogP contribution in [0.25, 0.3) is 0 Å². The number of carbonyl (C=O) groups is 1. The van der Waals surface area contributed by atoms with Crippen LogP contribution in [0.2, 0.25) is 0 Å². The Morgan fingerprint density at radius 2 is 2.14 bits per heavy atom. The third-order valence-corrected chi connectivity index (χ3v) is 1.61. The maximum atomic E-state index is 11.5. The Morgan fingerprint density at radius 1 is 1.64 bits per heavy atom. The number of rotatable bonds is 5. The van der Waals surface area contributed by atoms with E-state index >= 15 is 0 Å². The van der Waals surface area contributed by atoms with E-state index in [-0.39, 0.29) is 12.5 Å². The summed E-state index contributed by atoms with van der Waals surface area (Å²) < 4.78 is 4.91. The molecule has 0 saturated carbocycles. The van der Waals surface area contributed by atoms with Crippen LogP contribution in [0.15, 0.2) is 24.8 Å². The van der Waals surface area contributed by atoms with E-state index in [0.717, 1.165) is 0 Å². The highest BCUT2D eigenvalue weighted by atomic mass is 16.6. The first kappa shape index (κ1) is 12.9. The number of hydrogen-bond acceptors (Lipinski definition) is 3. The van der Waals surface area contributed by atoms with Gasteiger partial charge in [0.05, 0.1) is 6.10 Å². The summed E-state index contributed by atoms with van der Waals surface area (Å²) in [5.41, 5.74) is -0.941. The van der Waals surface area contributed by atoms with Gasteiger partial charge in [-0.25, -0.2) is 4.79 Å². The zero-order chi connectivity index (χ0) is 11.4. The van der Waals surface area contributed by atoms with Crippen molar-refractivity contribution < 1.29 is 14.6 Å². The molecule has 1 unspecified atom stereocenters. The summed E-state index contributed by atoms with van der Waals surface area (Å²) in [5, 5.41) is 9.85. The first-order valence-corrected chi connectivity index (χ1v) is 4.53. The molecule has 0 amide bonds. The van der Waals surface area contributed by atoms with E-state index in [4.69, 9.17) is 4.74 Å². The van der Waals surface area contributed by atoms with Crippen LogP contribution in [0.1, 0.15) is 27.2 Å². The van der Waals surface area contributed by atoms with E-state index in [2.05, 4.69) is 13.2 Å². The van der Waals surface area contributed by atoms with Gasteiger partial charge >= 0.3 is 5.97 Å². The molecule has 0 radical (unpaired) electrons. The van der Waals surface area contributed by atoms with Crippen molar-refractivity contribution in [3.05, 3.63) is 24.8 Å². The smallest absolute Gasteiger partial charge is 0.342 e. The molecule has 0 aromatic carbocycles. The molecule has 0 aliphatic heterocycles. The summed E-state index contributed by atoms with van der Waals surface area (Å²) >= 11 is 0. The monoisotopic (exact) mass is 198 g/mol. The fourth-order valence-electron chi connectivity index (χ4n) is 1.00. The summed E-state index contributed by atoms with van der Waals surface area (Å²) in [6, 6.07) is 0. The highest BCUT2D eigenvalue weighted by Crippen LogP contribution is 2.19. The van der Waals surface area contributed by atoms with E-state index < -0.39 is 11.6 Å². The van der Waals surface area contributed by atoms with E-state index in [1.165, 1.54) is 6.08 Å². The Balaban J connectivity index is 4.59. The van der Waals surface area contributed by atoms with Crippen LogP contribution in [0.5, 0.6) is 0 Å². The van der Waals surface area contributed by atoms with Gasteiger partial charge in [0.15, 0.2) is 5.60 Å². The SMILES string of the molecule is C=CC(O)(CC(=C)C)C(=O)OC(C)C. The van der Waals surface area contributed by atoms with E-state index in [1.54, 1.807) is 20.8 Å². The summed E-state index contributed by atoms with van der Waals surface area (Å²) in [4.78, 5) is 11.5. The predicted octanol–water partition coefficient (Wildman–Crippen LogP) is 1.82. The number of ether oxygens (including phenoxy) is 1. The average Bonchev–Trinajstić information content (AvgIpc) is 2.01. The Bertz CT molecular complexity index is 243. The Hall–Kier alpha value is -1.09. The fraction of sp³-hybridized carbons (Fsp3) is 0.545. The molecule has 0 bridgehead atoms. The minimum atomic E-state index is -1.64. The van der Waals surface area contributed by atoms with Gasteiger partial charge in [-0.2, -0.15) is 0 Å². The summed E-state index contributed by atoms with van der Waals surface area (Å²) in [7, 11) is 0. The van der Waals surface area contributed by atoms with Crippen molar-refractivity contribution >= 4 is 5.97 Å². The quantitative estimate of drug-likeness (QED) is 0.541. The van der Waals surface area contributed by atoms with Crippen molar-refractivity contribution in [2.75, 3.05) is 0 Å². The van der Waals surface area contributed by atoms with Crippen molar-refractivity contribution in [1.29, 1.82) is 0 Å². The topological polar surface area (TPSA) is 46.5 Å². The van der Waals surface area contributed by atoms with Crippen molar-refractivity contribution in [3.8, 4) is 0 Å². The highest BCUT2D eigenvalue weighted by Gasteiger charge is 2.34. The van der Waals surface area contributed by atoms with Crippen molar-refractivity contribution in [2.24, 2.45) is 0 Å². The number of esters is 1. The van der Waals surface area contributed by atoms with Gasteiger partial charge < -0.3 is 9.84 Å². The van der Waals surface area contributed by atoms with E-state index in [9.17, 15) is 9.90 Å². The van der Waals surface area contributed by atoms with Gasteiger partial charge in [0.1, 0.15) is 0 Å². The molecule has 1 N–H and O–H groups in total. The number of aliphatic hydroxyl groups is 1. The van der Waals surface area contributed by atoms with E-state index in [1.807, 2.05) is 0 Å². The van der Waals surface area contributed by atoms with E-state index in [0.29, 0.717) is 5.57 Å². The number of carbonyl (C=O) groups excluding carboxylic acids is 1. The molecular weight excluding hydrogens is 180 g/mol. The lowest BCUT2D eigenvalue weighted by Crippen LogP contribution is -2.39. The molecule has 0 aliphatic carbocycles. The molecule has 3 nitrogen and oxygen atoms in total. The third kappa shape index (κ3) is 3.75. The molecular formula is C11H18O3. The Labute approximate surface area is 85.1 Å². The molecule has 0 saturated heterocycles. The van der Waals surface area contributed by atoms with Crippen molar-refractivity contribution in [2.45, 2.75) is 38.9 Å². The maximum absolute atomic E-state index is 11.5.